The van der Waals surface area contributed by atoms with E-state index in [0.29, 0.717) is 21.8 Å². The van der Waals surface area contributed by atoms with Gasteiger partial charge >= 0.3 is 0 Å². The first kappa shape index (κ1) is 50.7. The summed E-state index contributed by atoms with van der Waals surface area (Å²) in [4.78, 5) is 5.77. The van der Waals surface area contributed by atoms with Gasteiger partial charge in [0.25, 0.3) is 40.5 Å². The lowest BCUT2D eigenvalue weighted by atomic mass is 10.1. The largest absolute Gasteiger partial charge is 0.505 e. The van der Waals surface area contributed by atoms with Crippen molar-refractivity contribution >= 4 is 123 Å². The number of rotatable bonds is 15. The van der Waals surface area contributed by atoms with Crippen LogP contribution >= 0.6 is 11.3 Å². The number of para-hydroxylation sites is 2. The van der Waals surface area contributed by atoms with E-state index in [2.05, 4.69) is 40.7 Å². The topological polar surface area (TPSA) is 405 Å². The number of nitrogens with zero attached hydrogens (tertiary/aromatic N) is 10. The number of azo groups is 3. The fraction of sp³-hybridized carbons (Fsp3) is 0.146. The molecule has 372 valence electrons. The predicted molar refractivity (Wildman–Crippen MR) is 255 cm³/mol. The number of fused-ring (bicyclic) bond motifs is 5. The van der Waals surface area contributed by atoms with Crippen LogP contribution in [0.3, 0.4) is 0 Å². The van der Waals surface area contributed by atoms with Crippen LogP contribution in [-0.4, -0.2) is 95.9 Å². The summed E-state index contributed by atoms with van der Waals surface area (Å²) >= 11 is 0.971. The number of phenols is 1. The van der Waals surface area contributed by atoms with E-state index in [1.807, 2.05) is 6.07 Å². The number of aromatic nitrogens is 3. The zero-order chi connectivity index (χ0) is 52.2. The Morgan fingerprint density at radius 2 is 1.39 bits per heavy atom. The maximum atomic E-state index is 13.1. The lowest BCUT2D eigenvalue weighted by Gasteiger charge is -2.13. The summed E-state index contributed by atoms with van der Waals surface area (Å²) in [6.45, 7) is 2.56. The fourth-order valence-corrected chi connectivity index (χ4v) is 10.7. The van der Waals surface area contributed by atoms with Crippen LogP contribution in [-0.2, 0) is 40.5 Å². The third kappa shape index (κ3) is 9.97. The van der Waals surface area contributed by atoms with Gasteiger partial charge in [-0.25, -0.2) is 9.97 Å². The van der Waals surface area contributed by atoms with E-state index in [1.165, 1.54) is 43.6 Å². The van der Waals surface area contributed by atoms with Crippen molar-refractivity contribution in [3.05, 3.63) is 83.4 Å². The summed E-state index contributed by atoms with van der Waals surface area (Å²) in [5, 5.41) is 56.0. The number of phenolic OH excluding ortho intramolecular Hbond substituents is 1. The van der Waals surface area contributed by atoms with Gasteiger partial charge in [-0.05, 0) is 68.3 Å². The summed E-state index contributed by atoms with van der Waals surface area (Å²) in [5.74, 6) is -2.72. The standard InChI is InChI=1S/C41H32N10O16S5/c1-19-13-27(30(67-11-6-12-69(54,55)56)15-26(19)46-50-41-44-28-16-33(70(57,58)59)31(66-3)17-32(28)68-41)47-49-36-34(71(60,61)62)14-22-21(37(36)52)9-10-25(38(22)72(63,64)65)45-48-35-20(2)23(18-42)39-43-24-7-4-5-8-29(24)51(39)40(35)53/h4-5,7-10,13-17,52-53H,6,11-12H2,1-3H3,(H,54,55,56)(H,57,58,59)(H,60,61,62)(H,63,64,65). The lowest BCUT2D eigenvalue weighted by Crippen LogP contribution is -2.08. The summed E-state index contributed by atoms with van der Waals surface area (Å²) in [6.07, 6.45) is -0.254. The number of thiazole rings is 1. The molecule has 0 fully saturated rings. The Bertz CT molecular complexity index is 4230. The Morgan fingerprint density at radius 1 is 0.708 bits per heavy atom. The van der Waals surface area contributed by atoms with Gasteiger partial charge in [0.15, 0.2) is 17.1 Å². The normalized spacial score (nSPS) is 12.9. The highest BCUT2D eigenvalue weighted by molar-refractivity contribution is 7.87. The highest BCUT2D eigenvalue weighted by atomic mass is 32.2. The number of ether oxygens (including phenoxy) is 2. The first-order valence-electron chi connectivity index (χ1n) is 20.0. The van der Waals surface area contributed by atoms with E-state index < -0.39 is 94.7 Å². The molecule has 3 aromatic heterocycles. The van der Waals surface area contributed by atoms with Crippen molar-refractivity contribution in [2.24, 2.45) is 30.7 Å². The molecule has 0 atom stereocenters. The quantitative estimate of drug-likeness (QED) is 0.0317. The molecular formula is C41H32N10O16S5. The van der Waals surface area contributed by atoms with Crippen LogP contribution in [0.4, 0.5) is 33.6 Å². The van der Waals surface area contributed by atoms with Gasteiger partial charge in [-0.3, -0.25) is 22.6 Å². The Hall–Kier alpha value is -7.67. The second kappa shape index (κ2) is 18.8. The predicted octanol–water partition coefficient (Wildman–Crippen LogP) is 8.80. The van der Waals surface area contributed by atoms with Gasteiger partial charge in [0.05, 0.1) is 46.4 Å². The van der Waals surface area contributed by atoms with Crippen molar-refractivity contribution in [3.63, 3.8) is 0 Å². The zero-order valence-corrected chi connectivity index (χ0v) is 40.8. The molecule has 0 amide bonds. The third-order valence-electron chi connectivity index (χ3n) is 10.5. The molecule has 26 nitrogen and oxygen atoms in total. The molecule has 0 saturated carbocycles. The van der Waals surface area contributed by atoms with Gasteiger partial charge in [0.2, 0.25) is 11.0 Å². The molecule has 0 aliphatic heterocycles. The minimum atomic E-state index is -5.46. The van der Waals surface area contributed by atoms with Gasteiger partial charge < -0.3 is 19.7 Å². The minimum absolute atomic E-state index is 0.0140. The molecule has 0 saturated heterocycles. The number of benzene rings is 5. The van der Waals surface area contributed by atoms with E-state index in [0.717, 1.165) is 29.5 Å². The summed E-state index contributed by atoms with van der Waals surface area (Å²) in [5.41, 5.74) is -0.723. The SMILES string of the molecule is COc1cc2sc(N=Nc3cc(OCCCS(=O)(=O)O)c(N=Nc4c(S(=O)(=O)O)cc5c(S(=O)(=O)O)c(N=Nc6c(C)c(C#N)c7nc8ccccc8n7c6O)ccc5c4O)cc3C)nc2cc1S(=O)(=O)O. The number of methoxy groups -OCH3 is 1. The van der Waals surface area contributed by atoms with Crippen molar-refractivity contribution in [3.8, 4) is 29.2 Å². The molecule has 0 spiro atoms. The number of hydrogen-bond acceptors (Lipinski definition) is 22. The molecule has 72 heavy (non-hydrogen) atoms. The van der Waals surface area contributed by atoms with Crippen LogP contribution in [0.25, 0.3) is 37.7 Å². The van der Waals surface area contributed by atoms with E-state index in [-0.39, 0.29) is 74.6 Å². The number of imidazole rings is 1. The monoisotopic (exact) mass is 1080 g/mol. The third-order valence-corrected chi connectivity index (χ3v) is 14.9. The first-order chi connectivity index (χ1) is 33.8. The molecule has 31 heteroatoms. The average Bonchev–Trinajstić information content (AvgIpc) is 3.89. The van der Waals surface area contributed by atoms with Crippen molar-refractivity contribution in [1.82, 2.24) is 14.4 Å². The molecule has 8 rings (SSSR count). The lowest BCUT2D eigenvalue weighted by molar-refractivity contribution is 0.317. The van der Waals surface area contributed by atoms with Gasteiger partial charge in [0.1, 0.15) is 54.9 Å². The maximum Gasteiger partial charge on any atom is 0.298 e. The molecule has 8 aromatic rings. The smallest absolute Gasteiger partial charge is 0.298 e. The van der Waals surface area contributed by atoms with Crippen LogP contribution in [0.2, 0.25) is 0 Å². The highest BCUT2D eigenvalue weighted by Crippen LogP contribution is 2.47. The second-order valence-corrected chi connectivity index (χ2v) is 21.9. The van der Waals surface area contributed by atoms with Crippen LogP contribution in [0.5, 0.6) is 23.1 Å². The van der Waals surface area contributed by atoms with Gasteiger partial charge in [-0.1, -0.05) is 23.5 Å². The number of nitriles is 1. The fourth-order valence-electron chi connectivity index (χ4n) is 7.27. The molecule has 0 aliphatic carbocycles. The summed E-state index contributed by atoms with van der Waals surface area (Å²) in [7, 11) is -18.8. The molecular weight excluding hydrogens is 1050 g/mol. The van der Waals surface area contributed by atoms with Crippen molar-refractivity contribution in [2.45, 2.75) is 35.0 Å². The second-order valence-electron chi connectivity index (χ2n) is 15.2. The van der Waals surface area contributed by atoms with Gasteiger partial charge in [-0.2, -0.15) is 38.9 Å². The highest BCUT2D eigenvalue weighted by Gasteiger charge is 2.29. The van der Waals surface area contributed by atoms with Crippen LogP contribution in [0.15, 0.2) is 112 Å². The van der Waals surface area contributed by atoms with Crippen LogP contribution in [0.1, 0.15) is 23.1 Å². The molecule has 0 bridgehead atoms. The van der Waals surface area contributed by atoms with E-state index >= 15 is 0 Å². The van der Waals surface area contributed by atoms with Crippen molar-refractivity contribution in [2.75, 3.05) is 19.5 Å². The summed E-state index contributed by atoms with van der Waals surface area (Å²) in [6, 6.07) is 16.1. The Kier molecular flexibility index (Phi) is 13.3. The Balaban J connectivity index is 1.21. The Morgan fingerprint density at radius 3 is 2.06 bits per heavy atom. The van der Waals surface area contributed by atoms with Crippen LogP contribution in [0, 0.1) is 25.2 Å². The average molecular weight is 1080 g/mol. The zero-order valence-electron chi connectivity index (χ0n) is 36.8. The molecule has 0 unspecified atom stereocenters. The number of hydrogen-bond donors (Lipinski definition) is 6. The molecule has 3 heterocycles. The number of pyridine rings is 1. The number of aromatic hydroxyl groups is 2. The minimum Gasteiger partial charge on any atom is -0.505 e. The van der Waals surface area contributed by atoms with E-state index in [9.17, 15) is 67.4 Å². The first-order valence-corrected chi connectivity index (χ1v) is 26.8. The maximum absolute atomic E-state index is 13.1. The molecule has 5 aromatic carbocycles. The van der Waals surface area contributed by atoms with Crippen LogP contribution < -0.4 is 9.47 Å². The molecule has 0 aliphatic rings. The van der Waals surface area contributed by atoms with Gasteiger partial charge in [0, 0.05) is 28.5 Å². The molecule has 0 radical (unpaired) electrons. The van der Waals surface area contributed by atoms with Gasteiger partial charge in [-0.15, -0.1) is 30.7 Å². The molecule has 6 N–H and O–H groups in total. The summed E-state index contributed by atoms with van der Waals surface area (Å²) < 4.78 is 151. The van der Waals surface area contributed by atoms with E-state index in [1.54, 1.807) is 24.3 Å². The Labute approximate surface area is 409 Å². The van der Waals surface area contributed by atoms with E-state index in [4.69, 9.17) is 9.47 Å². The van der Waals surface area contributed by atoms with Crippen molar-refractivity contribution < 1.29 is 71.6 Å². The van der Waals surface area contributed by atoms with Crippen molar-refractivity contribution in [1.29, 1.82) is 5.26 Å². The number of aryl methyl sites for hydroxylation is 1.